The fourth-order valence-electron chi connectivity index (χ4n) is 1.29. The summed E-state index contributed by atoms with van der Waals surface area (Å²) >= 11 is 0. The van der Waals surface area contributed by atoms with E-state index in [9.17, 15) is 0 Å². The zero-order valence-electron chi connectivity index (χ0n) is 6.53. The van der Waals surface area contributed by atoms with Crippen molar-refractivity contribution >= 4 is 11.2 Å². The Labute approximate surface area is 69.4 Å². The minimum absolute atomic E-state index is 0.569. The van der Waals surface area contributed by atoms with Crippen molar-refractivity contribution in [1.82, 2.24) is 9.97 Å². The Kier molecular flexibility index (Phi) is 1.06. The molecule has 0 N–H and O–H groups in total. The number of nitrogens with zero attached hydrogens (tertiary/aromatic N) is 2. The normalized spacial score (nSPS) is 17.0. The summed E-state index contributed by atoms with van der Waals surface area (Å²) in [4.78, 5) is 8.43. The first-order valence-corrected chi connectivity index (χ1v) is 4.15. The van der Waals surface area contributed by atoms with Gasteiger partial charge >= 0.3 is 0 Å². The van der Waals surface area contributed by atoms with Crippen molar-refractivity contribution in [3.05, 3.63) is 24.2 Å². The molecular weight excluding hydrogens is 152 g/mol. The summed E-state index contributed by atoms with van der Waals surface area (Å²) < 4.78 is 5.47. The Bertz CT molecular complexity index is 384. The van der Waals surface area contributed by atoms with Crippen LogP contribution < -0.4 is 0 Å². The predicted octanol–water partition coefficient (Wildman–Crippen LogP) is 2.10. The van der Waals surface area contributed by atoms with Crippen molar-refractivity contribution in [1.29, 1.82) is 0 Å². The van der Waals surface area contributed by atoms with E-state index in [2.05, 4.69) is 9.97 Å². The van der Waals surface area contributed by atoms with Crippen LogP contribution in [0.4, 0.5) is 0 Å². The van der Waals surface area contributed by atoms with Gasteiger partial charge in [0, 0.05) is 12.1 Å². The first-order valence-electron chi connectivity index (χ1n) is 4.15. The Morgan fingerprint density at radius 3 is 3.08 bits per heavy atom. The summed E-state index contributed by atoms with van der Waals surface area (Å²) in [5.41, 5.74) is 1.54. The highest BCUT2D eigenvalue weighted by Gasteiger charge is 2.28. The van der Waals surface area contributed by atoms with Gasteiger partial charge in [-0.05, 0) is 25.0 Å². The van der Waals surface area contributed by atoms with Crippen LogP contribution in [-0.4, -0.2) is 9.97 Å². The van der Waals surface area contributed by atoms with E-state index in [1.807, 2.05) is 12.1 Å². The van der Waals surface area contributed by atoms with Crippen LogP contribution in [0.1, 0.15) is 24.7 Å². The van der Waals surface area contributed by atoms with E-state index in [4.69, 9.17) is 4.42 Å². The molecule has 1 fully saturated rings. The van der Waals surface area contributed by atoms with E-state index in [1.165, 1.54) is 12.8 Å². The maximum atomic E-state index is 5.47. The first kappa shape index (κ1) is 6.17. The number of hydrogen-bond acceptors (Lipinski definition) is 3. The molecule has 0 spiro atoms. The molecule has 0 atom stereocenters. The molecule has 0 radical (unpaired) electrons. The predicted molar refractivity (Wildman–Crippen MR) is 43.8 cm³/mol. The standard InChI is InChI=1S/C9H8N2O/c1-2-7-9(10-5-1)12-8(11-7)6-3-4-6/h1-2,5-6H,3-4H2. The minimum atomic E-state index is 0.569. The largest absolute Gasteiger partial charge is 0.422 e. The van der Waals surface area contributed by atoms with Gasteiger partial charge in [-0.25, -0.2) is 9.97 Å². The summed E-state index contributed by atoms with van der Waals surface area (Å²) in [6.07, 6.45) is 4.16. The number of pyridine rings is 1. The highest BCUT2D eigenvalue weighted by Crippen LogP contribution is 2.40. The van der Waals surface area contributed by atoms with Crippen LogP contribution in [0.2, 0.25) is 0 Å². The maximum Gasteiger partial charge on any atom is 0.246 e. The molecule has 2 aromatic heterocycles. The molecule has 3 nitrogen and oxygen atoms in total. The van der Waals surface area contributed by atoms with Gasteiger partial charge in [0.15, 0.2) is 0 Å². The average molecular weight is 160 g/mol. The van der Waals surface area contributed by atoms with E-state index in [0.29, 0.717) is 11.6 Å². The quantitative estimate of drug-likeness (QED) is 0.641. The maximum absolute atomic E-state index is 5.47. The van der Waals surface area contributed by atoms with Gasteiger partial charge in [-0.15, -0.1) is 0 Å². The van der Waals surface area contributed by atoms with Crippen LogP contribution in [0.25, 0.3) is 11.2 Å². The lowest BCUT2D eigenvalue weighted by Crippen LogP contribution is -1.74. The fraction of sp³-hybridized carbons (Fsp3) is 0.333. The van der Waals surface area contributed by atoms with E-state index >= 15 is 0 Å². The third kappa shape index (κ3) is 0.826. The van der Waals surface area contributed by atoms with Crippen molar-refractivity contribution in [2.45, 2.75) is 18.8 Å². The van der Waals surface area contributed by atoms with Crippen molar-refractivity contribution in [2.75, 3.05) is 0 Å². The Hall–Kier alpha value is -1.38. The van der Waals surface area contributed by atoms with Crippen molar-refractivity contribution in [3.8, 4) is 0 Å². The number of oxazole rings is 1. The zero-order chi connectivity index (χ0) is 7.97. The van der Waals surface area contributed by atoms with Crippen molar-refractivity contribution in [3.63, 3.8) is 0 Å². The summed E-state index contributed by atoms with van der Waals surface area (Å²) in [6, 6.07) is 3.80. The van der Waals surface area contributed by atoms with Gasteiger partial charge in [-0.1, -0.05) is 0 Å². The lowest BCUT2D eigenvalue weighted by atomic mass is 10.4. The molecule has 60 valence electrons. The van der Waals surface area contributed by atoms with Crippen LogP contribution in [0.5, 0.6) is 0 Å². The molecule has 1 saturated carbocycles. The second-order valence-corrected chi connectivity index (χ2v) is 3.15. The third-order valence-corrected chi connectivity index (χ3v) is 2.11. The average Bonchev–Trinajstić information content (AvgIpc) is 2.85. The smallest absolute Gasteiger partial charge is 0.246 e. The first-order chi connectivity index (χ1) is 5.93. The second kappa shape index (κ2) is 2.06. The fourth-order valence-corrected chi connectivity index (χ4v) is 1.29. The topological polar surface area (TPSA) is 38.9 Å². The summed E-state index contributed by atoms with van der Waals surface area (Å²) in [5.74, 6) is 1.43. The van der Waals surface area contributed by atoms with Crippen LogP contribution in [0.3, 0.4) is 0 Å². The summed E-state index contributed by atoms with van der Waals surface area (Å²) in [5, 5.41) is 0. The Morgan fingerprint density at radius 1 is 1.42 bits per heavy atom. The van der Waals surface area contributed by atoms with Crippen LogP contribution >= 0.6 is 0 Å². The minimum Gasteiger partial charge on any atom is -0.422 e. The van der Waals surface area contributed by atoms with Gasteiger partial charge in [0.1, 0.15) is 5.52 Å². The molecule has 3 rings (SSSR count). The van der Waals surface area contributed by atoms with Gasteiger partial charge in [-0.2, -0.15) is 0 Å². The Morgan fingerprint density at radius 2 is 2.33 bits per heavy atom. The van der Waals surface area contributed by atoms with E-state index in [0.717, 1.165) is 11.4 Å². The molecule has 0 unspecified atom stereocenters. The van der Waals surface area contributed by atoms with E-state index in [1.54, 1.807) is 6.20 Å². The highest BCUT2D eigenvalue weighted by molar-refractivity contribution is 5.67. The molecule has 1 aliphatic carbocycles. The molecule has 3 heteroatoms. The van der Waals surface area contributed by atoms with Gasteiger partial charge in [0.25, 0.3) is 0 Å². The van der Waals surface area contributed by atoms with Gasteiger partial charge in [0.2, 0.25) is 11.6 Å². The number of fused-ring (bicyclic) bond motifs is 1. The molecule has 2 heterocycles. The summed E-state index contributed by atoms with van der Waals surface area (Å²) in [7, 11) is 0. The third-order valence-electron chi connectivity index (χ3n) is 2.11. The molecule has 0 aromatic carbocycles. The van der Waals surface area contributed by atoms with Gasteiger partial charge < -0.3 is 4.42 Å². The van der Waals surface area contributed by atoms with Crippen LogP contribution in [0.15, 0.2) is 22.7 Å². The lowest BCUT2D eigenvalue weighted by molar-refractivity contribution is 0.525. The monoisotopic (exact) mass is 160 g/mol. The van der Waals surface area contributed by atoms with Crippen LogP contribution in [-0.2, 0) is 0 Å². The highest BCUT2D eigenvalue weighted by atomic mass is 16.4. The van der Waals surface area contributed by atoms with Crippen LogP contribution in [0, 0.1) is 0 Å². The number of rotatable bonds is 1. The molecule has 2 aromatic rings. The van der Waals surface area contributed by atoms with Crippen molar-refractivity contribution < 1.29 is 4.42 Å². The SMILES string of the molecule is c1cnc2oc(C3CC3)nc2c1. The van der Waals surface area contributed by atoms with Gasteiger partial charge in [0.05, 0.1) is 0 Å². The van der Waals surface area contributed by atoms with E-state index in [-0.39, 0.29) is 0 Å². The zero-order valence-corrected chi connectivity index (χ0v) is 6.53. The van der Waals surface area contributed by atoms with Gasteiger partial charge in [-0.3, -0.25) is 0 Å². The molecule has 12 heavy (non-hydrogen) atoms. The molecule has 0 bridgehead atoms. The number of aromatic nitrogens is 2. The Balaban J connectivity index is 2.23. The molecular formula is C9H8N2O. The molecule has 0 amide bonds. The molecule has 0 aliphatic heterocycles. The number of hydrogen-bond donors (Lipinski definition) is 0. The van der Waals surface area contributed by atoms with Crippen molar-refractivity contribution in [2.24, 2.45) is 0 Å². The van der Waals surface area contributed by atoms with E-state index < -0.39 is 0 Å². The molecule has 0 saturated heterocycles. The molecule has 1 aliphatic rings. The summed E-state index contributed by atoms with van der Waals surface area (Å²) in [6.45, 7) is 0. The second-order valence-electron chi connectivity index (χ2n) is 3.15. The lowest BCUT2D eigenvalue weighted by Gasteiger charge is -1.81.